The van der Waals surface area contributed by atoms with Crippen molar-refractivity contribution in [2.45, 2.75) is 45.6 Å². The van der Waals surface area contributed by atoms with Crippen LogP contribution in [0, 0.1) is 5.92 Å². The summed E-state index contributed by atoms with van der Waals surface area (Å²) in [6.45, 7) is 4.64. The lowest BCUT2D eigenvalue weighted by Gasteiger charge is -2.10. The van der Waals surface area contributed by atoms with Crippen LogP contribution < -0.4 is 5.32 Å². The van der Waals surface area contributed by atoms with Crippen LogP contribution in [0.2, 0.25) is 0 Å². The lowest BCUT2D eigenvalue weighted by molar-refractivity contribution is 0.484. The van der Waals surface area contributed by atoms with Crippen LogP contribution in [0.4, 0.5) is 4.39 Å². The van der Waals surface area contributed by atoms with Crippen molar-refractivity contribution in [1.82, 2.24) is 5.32 Å². The van der Waals surface area contributed by atoms with Crippen LogP contribution in [0.1, 0.15) is 39.5 Å². The summed E-state index contributed by atoms with van der Waals surface area (Å²) in [6.07, 6.45) is 6.14. The highest BCUT2D eigenvalue weighted by Gasteiger charge is 2.20. The lowest BCUT2D eigenvalue weighted by atomic mass is 10.1. The van der Waals surface area contributed by atoms with Gasteiger partial charge < -0.3 is 5.32 Å². The van der Waals surface area contributed by atoms with Crippen LogP contribution in [-0.2, 0) is 0 Å². The Hall–Kier alpha value is -0.370. The molecule has 0 aromatic carbocycles. The number of halogens is 1. The first-order valence-electron chi connectivity index (χ1n) is 5.30. The van der Waals surface area contributed by atoms with E-state index in [0.717, 1.165) is 12.3 Å². The van der Waals surface area contributed by atoms with Gasteiger partial charge in [-0.15, -0.1) is 0 Å². The highest BCUT2D eigenvalue weighted by Crippen LogP contribution is 2.24. The minimum absolute atomic E-state index is 0.0120. The Morgan fingerprint density at radius 1 is 1.54 bits per heavy atom. The van der Waals surface area contributed by atoms with Gasteiger partial charge in [-0.1, -0.05) is 19.9 Å². The zero-order valence-electron chi connectivity index (χ0n) is 8.65. The number of allylic oxidation sites excluding steroid dienone is 1. The van der Waals surface area contributed by atoms with E-state index >= 15 is 0 Å². The van der Waals surface area contributed by atoms with Gasteiger partial charge >= 0.3 is 0 Å². The van der Waals surface area contributed by atoms with Gasteiger partial charge in [0, 0.05) is 12.6 Å². The zero-order valence-corrected chi connectivity index (χ0v) is 8.65. The van der Waals surface area contributed by atoms with E-state index < -0.39 is 0 Å². The van der Waals surface area contributed by atoms with Gasteiger partial charge in [0.2, 0.25) is 0 Å². The molecule has 1 N–H and O–H groups in total. The first kappa shape index (κ1) is 10.7. The van der Waals surface area contributed by atoms with E-state index in [1.54, 1.807) is 6.08 Å². The predicted octanol–water partition coefficient (Wildman–Crippen LogP) is 3.03. The summed E-state index contributed by atoms with van der Waals surface area (Å²) >= 11 is 0. The second-order valence-electron chi connectivity index (χ2n) is 4.06. The molecule has 2 atom stereocenters. The van der Waals surface area contributed by atoms with Crippen molar-refractivity contribution in [2.24, 2.45) is 5.92 Å². The highest BCUT2D eigenvalue weighted by atomic mass is 19.1. The van der Waals surface area contributed by atoms with Gasteiger partial charge in [-0.25, -0.2) is 4.39 Å². The van der Waals surface area contributed by atoms with Gasteiger partial charge in [-0.2, -0.15) is 0 Å². The van der Waals surface area contributed by atoms with E-state index in [2.05, 4.69) is 12.2 Å². The lowest BCUT2D eigenvalue weighted by Crippen LogP contribution is -2.27. The van der Waals surface area contributed by atoms with Crippen LogP contribution in [0.3, 0.4) is 0 Å². The fourth-order valence-electron chi connectivity index (χ4n) is 1.93. The topological polar surface area (TPSA) is 12.0 Å². The van der Waals surface area contributed by atoms with Crippen LogP contribution >= 0.6 is 0 Å². The highest BCUT2D eigenvalue weighted by molar-refractivity contribution is 4.94. The van der Waals surface area contributed by atoms with Crippen molar-refractivity contribution in [3.63, 3.8) is 0 Å². The quantitative estimate of drug-likeness (QED) is 0.710. The molecule has 0 heterocycles. The van der Waals surface area contributed by atoms with Crippen molar-refractivity contribution in [3.05, 3.63) is 11.9 Å². The monoisotopic (exact) mass is 185 g/mol. The molecule has 2 heteroatoms. The minimum atomic E-state index is -0.0120. The summed E-state index contributed by atoms with van der Waals surface area (Å²) < 4.78 is 13.0. The summed E-state index contributed by atoms with van der Waals surface area (Å²) in [5, 5.41) is 3.25. The molecule has 1 aliphatic rings. The van der Waals surface area contributed by atoms with Crippen LogP contribution in [0.5, 0.6) is 0 Å². The van der Waals surface area contributed by atoms with Gasteiger partial charge in [0.05, 0.1) is 0 Å². The summed E-state index contributed by atoms with van der Waals surface area (Å²) in [6, 6.07) is 0.547. The molecule has 0 spiro atoms. The Balaban J connectivity index is 2.16. The van der Waals surface area contributed by atoms with Crippen LogP contribution in [0.15, 0.2) is 11.9 Å². The molecule has 76 valence electrons. The molecule has 0 saturated heterocycles. The Morgan fingerprint density at radius 3 is 2.85 bits per heavy atom. The maximum atomic E-state index is 13.0. The number of rotatable bonds is 4. The van der Waals surface area contributed by atoms with E-state index in [1.807, 2.05) is 6.92 Å². The SMILES string of the molecule is CC/C=C(\F)CN[C@@H]1CC[C@H](C)C1. The summed E-state index contributed by atoms with van der Waals surface area (Å²) in [7, 11) is 0. The third-order valence-corrected chi connectivity index (χ3v) is 2.68. The van der Waals surface area contributed by atoms with Crippen molar-refractivity contribution < 1.29 is 4.39 Å². The fourth-order valence-corrected chi connectivity index (χ4v) is 1.93. The van der Waals surface area contributed by atoms with Gasteiger partial charge in [-0.3, -0.25) is 0 Å². The maximum absolute atomic E-state index is 13.0. The van der Waals surface area contributed by atoms with Gasteiger partial charge in [0.1, 0.15) is 5.83 Å². The van der Waals surface area contributed by atoms with E-state index in [1.165, 1.54) is 19.3 Å². The molecule has 0 bridgehead atoms. The number of hydrogen-bond donors (Lipinski definition) is 1. The molecule has 1 nitrogen and oxygen atoms in total. The molecule has 1 fully saturated rings. The Labute approximate surface area is 80.4 Å². The van der Waals surface area contributed by atoms with Crippen LogP contribution in [0.25, 0.3) is 0 Å². The van der Waals surface area contributed by atoms with Gasteiger partial charge in [0.25, 0.3) is 0 Å². The maximum Gasteiger partial charge on any atom is 0.110 e. The largest absolute Gasteiger partial charge is 0.308 e. The van der Waals surface area contributed by atoms with Crippen molar-refractivity contribution in [2.75, 3.05) is 6.54 Å². The Kier molecular flexibility index (Phi) is 4.43. The molecule has 1 rings (SSSR count). The number of hydrogen-bond acceptors (Lipinski definition) is 1. The standard InChI is InChI=1S/C11H20FN/c1-3-4-10(12)8-13-11-6-5-9(2)7-11/h4,9,11,13H,3,5-8H2,1-2H3/b10-4-/t9-,11+/m0/s1. The van der Waals surface area contributed by atoms with Gasteiger partial charge in [-0.05, 0) is 31.6 Å². The molecular weight excluding hydrogens is 165 g/mol. The van der Waals surface area contributed by atoms with Crippen molar-refractivity contribution >= 4 is 0 Å². The smallest absolute Gasteiger partial charge is 0.110 e. The molecule has 1 saturated carbocycles. The number of nitrogens with one attached hydrogen (secondary N) is 1. The second kappa shape index (κ2) is 5.38. The molecule has 0 radical (unpaired) electrons. The summed E-state index contributed by atoms with van der Waals surface area (Å²) in [5.41, 5.74) is 0. The minimum Gasteiger partial charge on any atom is -0.308 e. The molecule has 0 aromatic heterocycles. The summed E-state index contributed by atoms with van der Waals surface area (Å²) in [5.74, 6) is 0.803. The molecule has 0 unspecified atom stereocenters. The first-order valence-corrected chi connectivity index (χ1v) is 5.30. The zero-order chi connectivity index (χ0) is 9.68. The van der Waals surface area contributed by atoms with Crippen LogP contribution in [-0.4, -0.2) is 12.6 Å². The third kappa shape index (κ3) is 3.90. The predicted molar refractivity (Wildman–Crippen MR) is 54.3 cm³/mol. The average Bonchev–Trinajstić information content (AvgIpc) is 2.49. The molecule has 0 aromatic rings. The molecule has 1 aliphatic carbocycles. The summed E-state index contributed by atoms with van der Waals surface area (Å²) in [4.78, 5) is 0. The Bertz CT molecular complexity index is 177. The fraction of sp³-hybridized carbons (Fsp3) is 0.818. The average molecular weight is 185 g/mol. The van der Waals surface area contributed by atoms with Gasteiger partial charge in [0.15, 0.2) is 0 Å². The Morgan fingerprint density at radius 2 is 2.31 bits per heavy atom. The third-order valence-electron chi connectivity index (χ3n) is 2.68. The molecule has 13 heavy (non-hydrogen) atoms. The molecule has 0 amide bonds. The van der Waals surface area contributed by atoms with Crippen molar-refractivity contribution in [3.8, 4) is 0 Å². The first-order chi connectivity index (χ1) is 6.22. The van der Waals surface area contributed by atoms with Crippen molar-refractivity contribution in [1.29, 1.82) is 0 Å². The molecular formula is C11H20FN. The van der Waals surface area contributed by atoms with E-state index in [0.29, 0.717) is 12.6 Å². The van der Waals surface area contributed by atoms with E-state index in [4.69, 9.17) is 0 Å². The normalized spacial score (nSPS) is 29.6. The second-order valence-corrected chi connectivity index (χ2v) is 4.06. The molecule has 0 aliphatic heterocycles. The van der Waals surface area contributed by atoms with E-state index in [-0.39, 0.29) is 5.83 Å². The van der Waals surface area contributed by atoms with E-state index in [9.17, 15) is 4.39 Å².